The Labute approximate surface area is 124 Å². The van der Waals surface area contributed by atoms with Gasteiger partial charge in [0.05, 0.1) is 5.92 Å². The number of carbonyl (C=O) groups is 2. The maximum Gasteiger partial charge on any atom is 0.227 e. The summed E-state index contributed by atoms with van der Waals surface area (Å²) in [5, 5.41) is 2.72. The fourth-order valence-electron chi connectivity index (χ4n) is 2.92. The van der Waals surface area contributed by atoms with Gasteiger partial charge >= 0.3 is 0 Å². The molecule has 1 aromatic carbocycles. The predicted octanol–water partition coefficient (Wildman–Crippen LogP) is 1.19. The first-order valence-electron chi connectivity index (χ1n) is 7.49. The highest BCUT2D eigenvalue weighted by molar-refractivity contribution is 5.89. The molecule has 0 bridgehead atoms. The normalized spacial score (nSPS) is 23.0. The lowest BCUT2D eigenvalue weighted by atomic mass is 10.0. The van der Waals surface area contributed by atoms with E-state index >= 15 is 0 Å². The molecular weight excluding hydrogens is 268 g/mol. The van der Waals surface area contributed by atoms with Crippen molar-refractivity contribution in [2.24, 2.45) is 5.92 Å². The van der Waals surface area contributed by atoms with Crippen LogP contribution in [-0.2, 0) is 9.59 Å². The molecule has 2 fully saturated rings. The van der Waals surface area contributed by atoms with Crippen molar-refractivity contribution in [1.29, 1.82) is 0 Å². The van der Waals surface area contributed by atoms with Crippen molar-refractivity contribution in [3.05, 3.63) is 30.3 Å². The van der Waals surface area contributed by atoms with Gasteiger partial charge in [0.15, 0.2) is 0 Å². The fourth-order valence-corrected chi connectivity index (χ4v) is 2.92. The Morgan fingerprint density at radius 3 is 2.52 bits per heavy atom. The zero-order valence-corrected chi connectivity index (χ0v) is 12.0. The van der Waals surface area contributed by atoms with Crippen molar-refractivity contribution in [3.63, 3.8) is 0 Å². The first-order chi connectivity index (χ1) is 10.2. The van der Waals surface area contributed by atoms with Gasteiger partial charge in [-0.15, -0.1) is 0 Å². The van der Waals surface area contributed by atoms with E-state index in [1.165, 1.54) is 0 Å². The smallest absolute Gasteiger partial charge is 0.227 e. The van der Waals surface area contributed by atoms with E-state index in [-0.39, 0.29) is 23.8 Å². The summed E-state index contributed by atoms with van der Waals surface area (Å²) in [5.41, 5.74) is 0. The zero-order chi connectivity index (χ0) is 14.7. The van der Waals surface area contributed by atoms with Crippen molar-refractivity contribution in [2.75, 3.05) is 19.6 Å². The third-order valence-corrected chi connectivity index (χ3v) is 4.13. The molecule has 1 atom stereocenters. The van der Waals surface area contributed by atoms with Crippen LogP contribution in [0.25, 0.3) is 0 Å². The molecule has 2 amide bonds. The van der Waals surface area contributed by atoms with Gasteiger partial charge in [-0.25, -0.2) is 0 Å². The molecule has 5 nitrogen and oxygen atoms in total. The highest BCUT2D eigenvalue weighted by Gasteiger charge is 2.33. The second-order valence-corrected chi connectivity index (χ2v) is 5.66. The summed E-state index contributed by atoms with van der Waals surface area (Å²) in [6.45, 7) is 1.90. The highest BCUT2D eigenvalue weighted by Crippen LogP contribution is 2.21. The number of nitrogens with one attached hydrogen (secondary N) is 1. The number of piperidine rings is 1. The van der Waals surface area contributed by atoms with Crippen molar-refractivity contribution < 1.29 is 14.3 Å². The SMILES string of the molecule is O=C1CC(C(=O)N2CCC(Oc3ccccc3)CC2)CN1. The molecule has 5 heteroatoms. The van der Waals surface area contributed by atoms with Crippen LogP contribution in [0.5, 0.6) is 5.75 Å². The van der Waals surface area contributed by atoms with Crippen LogP contribution in [0.4, 0.5) is 0 Å². The number of amides is 2. The minimum Gasteiger partial charge on any atom is -0.490 e. The van der Waals surface area contributed by atoms with Gasteiger partial charge in [-0.2, -0.15) is 0 Å². The maximum absolute atomic E-state index is 12.3. The zero-order valence-electron chi connectivity index (χ0n) is 12.0. The van der Waals surface area contributed by atoms with Crippen LogP contribution in [0.3, 0.4) is 0 Å². The van der Waals surface area contributed by atoms with Gasteiger partial charge in [-0.05, 0) is 12.1 Å². The Morgan fingerprint density at radius 1 is 1.19 bits per heavy atom. The quantitative estimate of drug-likeness (QED) is 0.909. The van der Waals surface area contributed by atoms with Crippen molar-refractivity contribution in [3.8, 4) is 5.75 Å². The van der Waals surface area contributed by atoms with Gasteiger partial charge in [0.25, 0.3) is 0 Å². The topological polar surface area (TPSA) is 58.6 Å². The molecular formula is C16H20N2O3. The maximum atomic E-state index is 12.3. The molecule has 2 aliphatic heterocycles. The second-order valence-electron chi connectivity index (χ2n) is 5.66. The number of ether oxygens (including phenoxy) is 1. The molecule has 1 N–H and O–H groups in total. The summed E-state index contributed by atoms with van der Waals surface area (Å²) in [4.78, 5) is 25.4. The number of nitrogens with zero attached hydrogens (tertiary/aromatic N) is 1. The Kier molecular flexibility index (Phi) is 4.08. The number of likely N-dealkylation sites (tertiary alicyclic amines) is 1. The van der Waals surface area contributed by atoms with Gasteiger partial charge in [0.2, 0.25) is 11.8 Å². The molecule has 0 spiro atoms. The van der Waals surface area contributed by atoms with E-state index < -0.39 is 0 Å². The molecule has 2 saturated heterocycles. The lowest BCUT2D eigenvalue weighted by Crippen LogP contribution is -2.44. The monoisotopic (exact) mass is 288 g/mol. The van der Waals surface area contributed by atoms with E-state index in [0.29, 0.717) is 26.1 Å². The fraction of sp³-hybridized carbons (Fsp3) is 0.500. The molecule has 21 heavy (non-hydrogen) atoms. The van der Waals surface area contributed by atoms with Crippen LogP contribution < -0.4 is 10.1 Å². The molecule has 1 unspecified atom stereocenters. The Balaban J connectivity index is 1.49. The minimum absolute atomic E-state index is 0.0179. The first-order valence-corrected chi connectivity index (χ1v) is 7.49. The standard InChI is InChI=1S/C16H20N2O3/c19-15-10-12(11-17-15)16(20)18-8-6-14(7-9-18)21-13-4-2-1-3-5-13/h1-5,12,14H,6-11H2,(H,17,19). The van der Waals surface area contributed by atoms with Crippen LogP contribution in [-0.4, -0.2) is 42.5 Å². The Bertz CT molecular complexity index is 510. The van der Waals surface area contributed by atoms with Gasteiger partial charge in [-0.1, -0.05) is 18.2 Å². The summed E-state index contributed by atoms with van der Waals surface area (Å²) in [6, 6.07) is 9.78. The van der Waals surface area contributed by atoms with E-state index in [2.05, 4.69) is 5.32 Å². The molecule has 0 saturated carbocycles. The van der Waals surface area contributed by atoms with Gasteiger partial charge in [-0.3, -0.25) is 9.59 Å². The Morgan fingerprint density at radius 2 is 1.90 bits per heavy atom. The van der Waals surface area contributed by atoms with Crippen molar-refractivity contribution in [1.82, 2.24) is 10.2 Å². The number of benzene rings is 1. The highest BCUT2D eigenvalue weighted by atomic mass is 16.5. The Hall–Kier alpha value is -2.04. The van der Waals surface area contributed by atoms with Crippen LogP contribution in [0, 0.1) is 5.92 Å². The van der Waals surface area contributed by atoms with E-state index in [0.717, 1.165) is 18.6 Å². The molecule has 0 radical (unpaired) electrons. The summed E-state index contributed by atoms with van der Waals surface area (Å²) < 4.78 is 5.92. The van der Waals surface area contributed by atoms with E-state index in [9.17, 15) is 9.59 Å². The average molecular weight is 288 g/mol. The number of rotatable bonds is 3. The third kappa shape index (κ3) is 3.35. The minimum atomic E-state index is -0.177. The molecule has 0 aromatic heterocycles. The predicted molar refractivity (Wildman–Crippen MR) is 77.8 cm³/mol. The summed E-state index contributed by atoms with van der Waals surface area (Å²) in [7, 11) is 0. The largest absolute Gasteiger partial charge is 0.490 e. The number of carbonyl (C=O) groups excluding carboxylic acids is 2. The van der Waals surface area contributed by atoms with Gasteiger partial charge < -0.3 is 15.0 Å². The number of hydrogen-bond acceptors (Lipinski definition) is 3. The van der Waals surface area contributed by atoms with E-state index in [4.69, 9.17) is 4.74 Å². The molecule has 2 aliphatic rings. The van der Waals surface area contributed by atoms with E-state index in [1.54, 1.807) is 0 Å². The van der Waals surface area contributed by atoms with Crippen LogP contribution in [0.15, 0.2) is 30.3 Å². The number of para-hydroxylation sites is 1. The van der Waals surface area contributed by atoms with Crippen molar-refractivity contribution >= 4 is 11.8 Å². The number of hydrogen-bond donors (Lipinski definition) is 1. The van der Waals surface area contributed by atoms with Crippen molar-refractivity contribution in [2.45, 2.75) is 25.4 Å². The summed E-state index contributed by atoms with van der Waals surface area (Å²) in [5.74, 6) is 0.791. The van der Waals surface area contributed by atoms with E-state index in [1.807, 2.05) is 35.2 Å². The molecule has 0 aliphatic carbocycles. The lowest BCUT2D eigenvalue weighted by molar-refractivity contribution is -0.137. The second kappa shape index (κ2) is 6.16. The summed E-state index contributed by atoms with van der Waals surface area (Å²) in [6.07, 6.45) is 2.18. The molecule has 2 heterocycles. The third-order valence-electron chi connectivity index (χ3n) is 4.13. The molecule has 112 valence electrons. The first kappa shape index (κ1) is 13.9. The summed E-state index contributed by atoms with van der Waals surface area (Å²) >= 11 is 0. The lowest BCUT2D eigenvalue weighted by Gasteiger charge is -2.33. The van der Waals surface area contributed by atoms with Crippen LogP contribution >= 0.6 is 0 Å². The molecule has 3 rings (SSSR count). The average Bonchev–Trinajstić information content (AvgIpc) is 2.95. The van der Waals surface area contributed by atoms with Crippen LogP contribution in [0.1, 0.15) is 19.3 Å². The van der Waals surface area contributed by atoms with Crippen LogP contribution in [0.2, 0.25) is 0 Å². The van der Waals surface area contributed by atoms with Gasteiger partial charge in [0, 0.05) is 38.9 Å². The molecule has 1 aromatic rings. The van der Waals surface area contributed by atoms with Gasteiger partial charge in [0.1, 0.15) is 11.9 Å².